The molecule has 0 saturated carbocycles. The third-order valence-electron chi connectivity index (χ3n) is 0.602. The summed E-state index contributed by atoms with van der Waals surface area (Å²) >= 11 is 0. The Balaban J connectivity index is 5.65. The monoisotopic (exact) mass is 110 g/mol. The van der Waals surface area contributed by atoms with E-state index in [2.05, 4.69) is 5.11 Å². The van der Waals surface area contributed by atoms with E-state index in [-0.39, 0.29) is 0 Å². The van der Waals surface area contributed by atoms with Crippen molar-refractivity contribution in [3.05, 3.63) is 0 Å². The third kappa shape index (κ3) is 2.63. The fraction of sp³-hybridized carbons (Fsp3) is 1.00. The van der Waals surface area contributed by atoms with Gasteiger partial charge in [-0.3, -0.25) is 0 Å². The standard InChI is InChI=1S/C6H14O/c1-5(2)6(3,4)7/h5,7H,1-4H3/i1D3,2D3,5D,7D. The van der Waals surface area contributed by atoms with Crippen LogP contribution in [0.4, 0.5) is 0 Å². The minimum atomic E-state index is -3.07. The molecule has 44 valence electrons. The zero-order chi connectivity index (χ0) is 12.7. The lowest BCUT2D eigenvalue weighted by molar-refractivity contribution is 0.0327. The molecule has 1 heteroatoms. The van der Waals surface area contributed by atoms with Crippen molar-refractivity contribution in [1.82, 2.24) is 0 Å². The van der Waals surface area contributed by atoms with Gasteiger partial charge in [-0.25, -0.2) is 0 Å². The predicted molar refractivity (Wildman–Crippen MR) is 31.1 cm³/mol. The average molecular weight is 110 g/mol. The summed E-state index contributed by atoms with van der Waals surface area (Å²) in [5.74, 6) is -2.84. The van der Waals surface area contributed by atoms with Crippen LogP contribution in [0, 0.1) is 5.89 Å². The molecule has 0 aromatic carbocycles. The van der Waals surface area contributed by atoms with Crippen LogP contribution in [0.1, 0.15) is 37.1 Å². The smallest absolute Gasteiger partial charge is 0.211 e. The van der Waals surface area contributed by atoms with E-state index in [0.29, 0.717) is 0 Å². The number of rotatable bonds is 2. The highest BCUT2D eigenvalue weighted by Gasteiger charge is 2.16. The van der Waals surface area contributed by atoms with E-state index in [4.69, 9.17) is 11.0 Å². The van der Waals surface area contributed by atoms with Crippen LogP contribution in [0.15, 0.2) is 0 Å². The van der Waals surface area contributed by atoms with Gasteiger partial charge in [0, 0.05) is 9.60 Å². The summed E-state index contributed by atoms with van der Waals surface area (Å²) in [6.45, 7) is -3.93. The van der Waals surface area contributed by atoms with Crippen molar-refractivity contribution in [3.8, 4) is 0 Å². The first-order valence-electron chi connectivity index (χ1n) is 5.86. The SMILES string of the molecule is [2H]OC(C)(C)C([2H])(C([2H])([2H])[2H])C([2H])([2H])[2H]. The van der Waals surface area contributed by atoms with Crippen molar-refractivity contribution >= 4 is 0 Å². The van der Waals surface area contributed by atoms with E-state index >= 15 is 0 Å². The van der Waals surface area contributed by atoms with Crippen molar-refractivity contribution < 1.29 is 14.7 Å². The van der Waals surface area contributed by atoms with E-state index in [1.807, 2.05) is 0 Å². The molecule has 0 atom stereocenters. The van der Waals surface area contributed by atoms with Crippen molar-refractivity contribution in [2.75, 3.05) is 0 Å². The van der Waals surface area contributed by atoms with Gasteiger partial charge in [-0.15, -0.1) is 0 Å². The molecule has 0 aliphatic rings. The summed E-state index contributed by atoms with van der Waals surface area (Å²) in [4.78, 5) is 0. The Morgan fingerprint density at radius 2 is 2.43 bits per heavy atom. The van der Waals surface area contributed by atoms with Gasteiger partial charge in [0.1, 0.15) is 0 Å². The highest BCUT2D eigenvalue weighted by Crippen LogP contribution is 2.12. The van der Waals surface area contributed by atoms with Gasteiger partial charge < -0.3 is 5.11 Å². The summed E-state index contributed by atoms with van der Waals surface area (Å²) in [5.41, 5.74) is -1.93. The molecule has 7 heavy (non-hydrogen) atoms. The van der Waals surface area contributed by atoms with Crippen LogP contribution in [-0.4, -0.2) is 12.1 Å². The Morgan fingerprint density at radius 3 is 2.57 bits per heavy atom. The van der Waals surface area contributed by atoms with E-state index in [9.17, 15) is 0 Å². The number of hydrogen-bond acceptors (Lipinski definition) is 1. The molecule has 0 spiro atoms. The summed E-state index contributed by atoms with van der Waals surface area (Å²) in [6.07, 6.45) is 0. The summed E-state index contributed by atoms with van der Waals surface area (Å²) in [6, 6.07) is 0. The Labute approximate surface area is 56.7 Å². The Kier molecular flexibility index (Phi) is 0.331. The fourth-order valence-corrected chi connectivity index (χ4v) is 0. The predicted octanol–water partition coefficient (Wildman–Crippen LogP) is 1.41. The Bertz CT molecular complexity index is 212. The molecule has 0 aliphatic heterocycles. The van der Waals surface area contributed by atoms with E-state index in [0.717, 1.165) is 13.8 Å². The van der Waals surface area contributed by atoms with Gasteiger partial charge in [0.05, 0.1) is 5.60 Å². The number of hydrogen-bond donors (Lipinski definition) is 1. The first-order valence-corrected chi connectivity index (χ1v) is 1.95. The molecule has 0 aliphatic carbocycles. The van der Waals surface area contributed by atoms with Crippen molar-refractivity contribution in [2.24, 2.45) is 5.89 Å². The van der Waals surface area contributed by atoms with Crippen LogP contribution in [0.3, 0.4) is 0 Å². The Morgan fingerprint density at radius 1 is 1.86 bits per heavy atom. The molecular formula is C6H14O. The maximum absolute atomic E-state index is 7.66. The molecule has 1 nitrogen and oxygen atoms in total. The minimum Gasteiger partial charge on any atom is -0.390 e. The zero-order valence-corrected chi connectivity index (χ0v) is 4.41. The van der Waals surface area contributed by atoms with E-state index in [1.54, 1.807) is 0 Å². The highest BCUT2D eigenvalue weighted by atomic mass is 16.3. The van der Waals surface area contributed by atoms with Crippen LogP contribution < -0.4 is 0 Å². The summed E-state index contributed by atoms with van der Waals surface area (Å²) < 4.78 is 57.1. The van der Waals surface area contributed by atoms with Crippen LogP contribution in [0.25, 0.3) is 0 Å². The van der Waals surface area contributed by atoms with E-state index < -0.39 is 25.2 Å². The Hall–Kier alpha value is -0.0400. The minimum absolute atomic E-state index is 1.10. The van der Waals surface area contributed by atoms with E-state index in [1.165, 1.54) is 0 Å². The fourth-order valence-electron chi connectivity index (χ4n) is 0. The van der Waals surface area contributed by atoms with Crippen LogP contribution >= 0.6 is 0 Å². The van der Waals surface area contributed by atoms with Gasteiger partial charge in [-0.1, -0.05) is 13.7 Å². The second kappa shape index (κ2) is 1.83. The summed E-state index contributed by atoms with van der Waals surface area (Å²) in [5, 5.41) is 4.10. The lowest BCUT2D eigenvalue weighted by atomic mass is 9.95. The van der Waals surface area contributed by atoms with Gasteiger partial charge in [0.25, 0.3) is 0 Å². The number of aliphatic hydroxyl groups is 1. The maximum atomic E-state index is 7.66. The molecule has 0 bridgehead atoms. The highest BCUT2D eigenvalue weighted by molar-refractivity contribution is 4.67. The molecule has 0 amide bonds. The average Bonchev–Trinajstić information content (AvgIpc) is 1.98. The quantitative estimate of drug-likeness (QED) is 0.570. The first kappa shape index (κ1) is 1.27. The molecule has 0 heterocycles. The zero-order valence-electron chi connectivity index (χ0n) is 12.4. The van der Waals surface area contributed by atoms with Crippen molar-refractivity contribution in [2.45, 2.75) is 33.2 Å². The molecule has 0 aromatic rings. The van der Waals surface area contributed by atoms with Crippen molar-refractivity contribution in [3.63, 3.8) is 0 Å². The molecule has 0 fully saturated rings. The lowest BCUT2D eigenvalue weighted by Gasteiger charge is -2.21. The van der Waals surface area contributed by atoms with Gasteiger partial charge in [-0.05, 0) is 19.7 Å². The van der Waals surface area contributed by atoms with Crippen LogP contribution in [-0.2, 0) is 0 Å². The maximum Gasteiger partial charge on any atom is 0.211 e. The molecule has 0 rings (SSSR count). The van der Waals surface area contributed by atoms with Gasteiger partial charge in [0.2, 0.25) is 1.43 Å². The van der Waals surface area contributed by atoms with Crippen LogP contribution in [0.5, 0.6) is 0 Å². The topological polar surface area (TPSA) is 20.2 Å². The molecule has 1 N–H and O–H groups in total. The summed E-state index contributed by atoms with van der Waals surface area (Å²) in [7, 11) is 0. The van der Waals surface area contributed by atoms with Crippen LogP contribution in [0.2, 0.25) is 0 Å². The molecule has 0 radical (unpaired) electrons. The normalized spacial score (nSPS) is 34.6. The van der Waals surface area contributed by atoms with Gasteiger partial charge in [-0.2, -0.15) is 0 Å². The lowest BCUT2D eigenvalue weighted by Crippen LogP contribution is -2.25. The van der Waals surface area contributed by atoms with Crippen molar-refractivity contribution in [1.29, 1.82) is 1.43 Å². The largest absolute Gasteiger partial charge is 0.390 e. The first-order chi connectivity index (χ1) is 6.31. The van der Waals surface area contributed by atoms with Gasteiger partial charge >= 0.3 is 0 Å². The third-order valence-corrected chi connectivity index (χ3v) is 0.602. The van der Waals surface area contributed by atoms with Gasteiger partial charge in [0.15, 0.2) is 0 Å². The molecule has 0 aromatic heterocycles. The second-order valence-electron chi connectivity index (χ2n) is 1.89. The molecule has 0 saturated heterocycles. The molecular weight excluding hydrogens is 88.1 g/mol. The molecule has 0 unspecified atom stereocenters. The second-order valence-corrected chi connectivity index (χ2v) is 1.89.